The summed E-state index contributed by atoms with van der Waals surface area (Å²) in [6, 6.07) is 3.41. The number of aromatic nitrogens is 1. The highest BCUT2D eigenvalue weighted by Crippen LogP contribution is 2.23. The van der Waals surface area contributed by atoms with Gasteiger partial charge in [0, 0.05) is 17.1 Å². The van der Waals surface area contributed by atoms with E-state index in [4.69, 9.17) is 0 Å². The summed E-state index contributed by atoms with van der Waals surface area (Å²) in [6.45, 7) is 0. The number of hydrogen-bond donors (Lipinski definition) is 0. The largest absolute Gasteiger partial charge is 0.465 e. The van der Waals surface area contributed by atoms with Gasteiger partial charge in [0.2, 0.25) is 0 Å². The lowest BCUT2D eigenvalue weighted by Crippen LogP contribution is -2.12. The molecule has 0 aromatic carbocycles. The highest BCUT2D eigenvalue weighted by atomic mass is 32.1. The molecular weight excluding hydrogens is 266 g/mol. The van der Waals surface area contributed by atoms with Gasteiger partial charge in [-0.15, -0.1) is 0 Å². The molecule has 0 aliphatic rings. The van der Waals surface area contributed by atoms with Crippen molar-refractivity contribution in [3.05, 3.63) is 40.2 Å². The molecule has 2 aromatic rings. The molecule has 0 unspecified atom stereocenters. The summed E-state index contributed by atoms with van der Waals surface area (Å²) in [5.74, 6) is -1.22. The third-order valence-electron chi connectivity index (χ3n) is 2.53. The SMILES string of the molecule is COC(=O)c1cnc(-c2ccsc2)cc1C(=O)OC. The highest BCUT2D eigenvalue weighted by Gasteiger charge is 2.20. The van der Waals surface area contributed by atoms with Crippen LogP contribution in [0.2, 0.25) is 0 Å². The van der Waals surface area contributed by atoms with E-state index in [0.717, 1.165) is 5.56 Å². The van der Waals surface area contributed by atoms with Crippen LogP contribution in [-0.2, 0) is 9.47 Å². The summed E-state index contributed by atoms with van der Waals surface area (Å²) in [4.78, 5) is 27.5. The van der Waals surface area contributed by atoms with Crippen molar-refractivity contribution in [3.8, 4) is 11.3 Å². The highest BCUT2D eigenvalue weighted by molar-refractivity contribution is 7.08. The summed E-state index contributed by atoms with van der Waals surface area (Å²) in [5, 5.41) is 3.81. The number of carbonyl (C=O) groups excluding carboxylic acids is 2. The fourth-order valence-electron chi connectivity index (χ4n) is 1.57. The first kappa shape index (κ1) is 13.2. The van der Waals surface area contributed by atoms with E-state index in [1.807, 2.05) is 16.8 Å². The first-order valence-electron chi connectivity index (χ1n) is 5.36. The van der Waals surface area contributed by atoms with Crippen LogP contribution in [0.3, 0.4) is 0 Å². The van der Waals surface area contributed by atoms with Gasteiger partial charge in [0.15, 0.2) is 0 Å². The molecule has 6 heteroatoms. The molecule has 0 aliphatic heterocycles. The maximum absolute atomic E-state index is 11.7. The second kappa shape index (κ2) is 5.62. The molecule has 2 rings (SSSR count). The number of ether oxygens (including phenoxy) is 2. The van der Waals surface area contributed by atoms with E-state index in [0.29, 0.717) is 5.69 Å². The van der Waals surface area contributed by atoms with E-state index >= 15 is 0 Å². The smallest absolute Gasteiger partial charge is 0.340 e. The average Bonchev–Trinajstić information content (AvgIpc) is 2.99. The third kappa shape index (κ3) is 2.63. The van der Waals surface area contributed by atoms with Gasteiger partial charge in [-0.25, -0.2) is 9.59 Å². The van der Waals surface area contributed by atoms with E-state index in [9.17, 15) is 9.59 Å². The predicted molar refractivity (Wildman–Crippen MR) is 70.2 cm³/mol. The van der Waals surface area contributed by atoms with E-state index in [-0.39, 0.29) is 11.1 Å². The molecule has 0 N–H and O–H groups in total. The minimum absolute atomic E-state index is 0.0910. The molecule has 0 atom stereocenters. The molecule has 0 amide bonds. The number of pyridine rings is 1. The summed E-state index contributed by atoms with van der Waals surface area (Å²) in [6.07, 6.45) is 1.32. The third-order valence-corrected chi connectivity index (χ3v) is 3.21. The zero-order chi connectivity index (χ0) is 13.8. The summed E-state index contributed by atoms with van der Waals surface area (Å²) in [5.41, 5.74) is 1.72. The van der Waals surface area contributed by atoms with Crippen LogP contribution in [0.4, 0.5) is 0 Å². The Morgan fingerprint density at radius 2 is 1.84 bits per heavy atom. The van der Waals surface area contributed by atoms with Crippen LogP contribution in [0.15, 0.2) is 29.1 Å². The van der Waals surface area contributed by atoms with Gasteiger partial charge in [-0.05, 0) is 17.5 Å². The van der Waals surface area contributed by atoms with E-state index in [1.54, 1.807) is 0 Å². The van der Waals surface area contributed by atoms with Gasteiger partial charge < -0.3 is 9.47 Å². The molecular formula is C13H11NO4S. The summed E-state index contributed by atoms with van der Waals surface area (Å²) < 4.78 is 9.29. The number of carbonyl (C=O) groups is 2. The molecule has 5 nitrogen and oxygen atoms in total. The van der Waals surface area contributed by atoms with Gasteiger partial charge in [-0.3, -0.25) is 4.98 Å². The molecule has 98 valence electrons. The van der Waals surface area contributed by atoms with Crippen molar-refractivity contribution < 1.29 is 19.1 Å². The van der Waals surface area contributed by atoms with Crippen molar-refractivity contribution in [1.29, 1.82) is 0 Å². The zero-order valence-electron chi connectivity index (χ0n) is 10.4. The molecule has 0 bridgehead atoms. The van der Waals surface area contributed by atoms with Crippen molar-refractivity contribution in [2.24, 2.45) is 0 Å². The van der Waals surface area contributed by atoms with Crippen molar-refractivity contribution in [2.45, 2.75) is 0 Å². The number of rotatable bonds is 3. The lowest BCUT2D eigenvalue weighted by atomic mass is 10.1. The number of nitrogens with zero attached hydrogens (tertiary/aromatic N) is 1. The molecule has 0 radical (unpaired) electrons. The van der Waals surface area contributed by atoms with Gasteiger partial charge in [-0.1, -0.05) is 0 Å². The van der Waals surface area contributed by atoms with Gasteiger partial charge in [0.05, 0.1) is 31.0 Å². The first-order chi connectivity index (χ1) is 9.17. The lowest BCUT2D eigenvalue weighted by molar-refractivity contribution is 0.0555. The molecule has 0 fully saturated rings. The molecule has 0 spiro atoms. The Balaban J connectivity index is 2.53. The molecule has 0 saturated heterocycles. The quantitative estimate of drug-likeness (QED) is 0.806. The first-order valence-corrected chi connectivity index (χ1v) is 6.31. The van der Waals surface area contributed by atoms with Crippen molar-refractivity contribution in [1.82, 2.24) is 4.98 Å². The fraction of sp³-hybridized carbons (Fsp3) is 0.154. The van der Waals surface area contributed by atoms with Crippen LogP contribution < -0.4 is 0 Å². The van der Waals surface area contributed by atoms with Crippen LogP contribution >= 0.6 is 11.3 Å². The summed E-state index contributed by atoms with van der Waals surface area (Å²) >= 11 is 1.52. The Kier molecular flexibility index (Phi) is 3.91. The van der Waals surface area contributed by atoms with Gasteiger partial charge in [-0.2, -0.15) is 11.3 Å². The number of thiophene rings is 1. The van der Waals surface area contributed by atoms with Crippen LogP contribution in [-0.4, -0.2) is 31.1 Å². The number of methoxy groups -OCH3 is 2. The van der Waals surface area contributed by atoms with E-state index < -0.39 is 11.9 Å². The van der Waals surface area contributed by atoms with Crippen LogP contribution in [0.25, 0.3) is 11.3 Å². The molecule has 0 saturated carbocycles. The average molecular weight is 277 g/mol. The Bertz CT molecular complexity index is 607. The normalized spacial score (nSPS) is 10.0. The van der Waals surface area contributed by atoms with Crippen LogP contribution in [0, 0.1) is 0 Å². The minimum atomic E-state index is -0.621. The van der Waals surface area contributed by atoms with Gasteiger partial charge in [0.1, 0.15) is 0 Å². The van der Waals surface area contributed by atoms with Crippen molar-refractivity contribution in [3.63, 3.8) is 0 Å². The number of esters is 2. The fourth-order valence-corrected chi connectivity index (χ4v) is 2.22. The van der Waals surface area contributed by atoms with Crippen LogP contribution in [0.5, 0.6) is 0 Å². The maximum Gasteiger partial charge on any atom is 0.340 e. The second-order valence-electron chi connectivity index (χ2n) is 3.61. The zero-order valence-corrected chi connectivity index (χ0v) is 11.2. The van der Waals surface area contributed by atoms with Crippen molar-refractivity contribution in [2.75, 3.05) is 14.2 Å². The Labute approximate surface area is 113 Å². The Morgan fingerprint density at radius 1 is 1.16 bits per heavy atom. The monoisotopic (exact) mass is 277 g/mol. The summed E-state index contributed by atoms with van der Waals surface area (Å²) in [7, 11) is 2.50. The molecule has 2 heterocycles. The predicted octanol–water partition coefficient (Wildman–Crippen LogP) is 2.38. The maximum atomic E-state index is 11.7. The van der Waals surface area contributed by atoms with E-state index in [2.05, 4.69) is 14.5 Å². The molecule has 0 aliphatic carbocycles. The Morgan fingerprint density at radius 3 is 2.42 bits per heavy atom. The second-order valence-corrected chi connectivity index (χ2v) is 4.39. The van der Waals surface area contributed by atoms with Gasteiger partial charge >= 0.3 is 11.9 Å². The van der Waals surface area contributed by atoms with E-state index in [1.165, 1.54) is 37.8 Å². The minimum Gasteiger partial charge on any atom is -0.465 e. The van der Waals surface area contributed by atoms with Crippen LogP contribution in [0.1, 0.15) is 20.7 Å². The molecule has 2 aromatic heterocycles. The van der Waals surface area contributed by atoms with Crippen molar-refractivity contribution >= 4 is 23.3 Å². The molecule has 19 heavy (non-hydrogen) atoms. The topological polar surface area (TPSA) is 65.5 Å². The number of hydrogen-bond acceptors (Lipinski definition) is 6. The Hall–Kier alpha value is -2.21. The lowest BCUT2D eigenvalue weighted by Gasteiger charge is -2.07. The standard InChI is InChI=1S/C13H11NO4S/c1-17-12(15)9-5-11(8-3-4-19-7-8)14-6-10(9)13(16)18-2/h3-7H,1-2H3. The van der Waals surface area contributed by atoms with Gasteiger partial charge in [0.25, 0.3) is 0 Å².